The Balaban J connectivity index is 2.93. The molecule has 0 fully saturated rings. The summed E-state index contributed by atoms with van der Waals surface area (Å²) in [5.74, 6) is 1.75. The van der Waals surface area contributed by atoms with Gasteiger partial charge in [-0.3, -0.25) is 0 Å². The van der Waals surface area contributed by atoms with E-state index in [9.17, 15) is 5.11 Å². The molecule has 0 unspecified atom stereocenters. The summed E-state index contributed by atoms with van der Waals surface area (Å²) in [6.07, 6.45) is 0.0865. The second-order valence-electron chi connectivity index (χ2n) is 4.83. The molecule has 0 aliphatic rings. The first-order valence-corrected chi connectivity index (χ1v) is 6.15. The van der Waals surface area contributed by atoms with Crippen LogP contribution in [0, 0.1) is 5.92 Å². The molecule has 0 saturated heterocycles. The molecule has 3 N–H and O–H groups in total. The van der Waals surface area contributed by atoms with Crippen LogP contribution in [0.2, 0.25) is 0 Å². The minimum absolute atomic E-state index is 0.398. The quantitative estimate of drug-likeness (QED) is 0.815. The van der Waals surface area contributed by atoms with Gasteiger partial charge in [0.1, 0.15) is 11.5 Å². The first-order chi connectivity index (χ1) is 8.49. The number of rotatable bonds is 6. The van der Waals surface area contributed by atoms with Crippen LogP contribution in [0.25, 0.3) is 0 Å². The molecule has 2 atom stereocenters. The normalized spacial score (nSPS) is 14.4. The van der Waals surface area contributed by atoms with Crippen LogP contribution < -0.4 is 15.2 Å². The van der Waals surface area contributed by atoms with Crippen molar-refractivity contribution in [3.63, 3.8) is 0 Å². The monoisotopic (exact) mass is 253 g/mol. The highest BCUT2D eigenvalue weighted by atomic mass is 16.5. The summed E-state index contributed by atoms with van der Waals surface area (Å²) in [5, 5.41) is 10.1. The summed E-state index contributed by atoms with van der Waals surface area (Å²) in [7, 11) is 3.18. The Morgan fingerprint density at radius 2 is 1.89 bits per heavy atom. The molecule has 0 heterocycles. The number of nitrogens with two attached hydrogens (primary N) is 1. The molecule has 1 aromatic rings. The van der Waals surface area contributed by atoms with Gasteiger partial charge in [-0.1, -0.05) is 13.8 Å². The molecule has 1 rings (SSSR count). The second kappa shape index (κ2) is 6.61. The summed E-state index contributed by atoms with van der Waals surface area (Å²) < 4.78 is 10.4. The second-order valence-corrected chi connectivity index (χ2v) is 4.83. The highest BCUT2D eigenvalue weighted by molar-refractivity contribution is 5.42. The maximum atomic E-state index is 10.1. The maximum absolute atomic E-state index is 10.1. The third-order valence-electron chi connectivity index (χ3n) is 2.93. The summed E-state index contributed by atoms with van der Waals surface area (Å²) in [5.41, 5.74) is 6.88. The van der Waals surface area contributed by atoms with Gasteiger partial charge < -0.3 is 20.3 Å². The lowest BCUT2D eigenvalue weighted by atomic mass is 9.95. The van der Waals surface area contributed by atoms with Crippen molar-refractivity contribution in [1.29, 1.82) is 0 Å². The molecule has 102 valence electrons. The molecule has 0 spiro atoms. The molecule has 0 bridgehead atoms. The first kappa shape index (κ1) is 14.8. The van der Waals surface area contributed by atoms with E-state index in [1.165, 1.54) is 0 Å². The van der Waals surface area contributed by atoms with Crippen molar-refractivity contribution in [3.05, 3.63) is 23.8 Å². The average Bonchev–Trinajstić information content (AvgIpc) is 2.36. The van der Waals surface area contributed by atoms with Gasteiger partial charge in [-0.05, 0) is 24.5 Å². The lowest BCUT2D eigenvalue weighted by molar-refractivity contribution is 0.120. The van der Waals surface area contributed by atoms with Gasteiger partial charge in [-0.25, -0.2) is 0 Å². The summed E-state index contributed by atoms with van der Waals surface area (Å²) in [6, 6.07) is 4.98. The van der Waals surface area contributed by atoms with Gasteiger partial charge in [-0.15, -0.1) is 0 Å². The Hall–Kier alpha value is -1.26. The average molecular weight is 253 g/mol. The standard InChI is InChI=1S/C14H23NO3/c1-9(2)7-12(16)14(15)11-6-5-10(17-3)8-13(11)18-4/h5-6,8-9,12,14,16H,7,15H2,1-4H3/t12-,14+/m1/s1. The van der Waals surface area contributed by atoms with E-state index in [0.29, 0.717) is 23.8 Å². The van der Waals surface area contributed by atoms with Crippen LogP contribution in [-0.4, -0.2) is 25.4 Å². The molecule has 4 heteroatoms. The van der Waals surface area contributed by atoms with E-state index in [1.807, 2.05) is 12.1 Å². The zero-order valence-corrected chi connectivity index (χ0v) is 11.5. The SMILES string of the molecule is COc1ccc([C@H](N)[C@H](O)CC(C)C)c(OC)c1. The molecule has 0 aliphatic carbocycles. The Labute approximate surface area is 109 Å². The van der Waals surface area contributed by atoms with Crippen LogP contribution in [0.1, 0.15) is 31.9 Å². The molecule has 0 aromatic heterocycles. The van der Waals surface area contributed by atoms with E-state index in [4.69, 9.17) is 15.2 Å². The number of ether oxygens (including phenoxy) is 2. The van der Waals surface area contributed by atoms with Crippen molar-refractivity contribution in [3.8, 4) is 11.5 Å². The minimum atomic E-state index is -0.577. The molecule has 0 amide bonds. The predicted octanol–water partition coefficient (Wildman–Crippen LogP) is 2.11. The number of aliphatic hydroxyl groups is 1. The maximum Gasteiger partial charge on any atom is 0.127 e. The van der Waals surface area contributed by atoms with E-state index < -0.39 is 12.1 Å². The van der Waals surface area contributed by atoms with Crippen LogP contribution in [0.4, 0.5) is 0 Å². The van der Waals surface area contributed by atoms with Gasteiger partial charge in [0.25, 0.3) is 0 Å². The highest BCUT2D eigenvalue weighted by Crippen LogP contribution is 2.31. The van der Waals surface area contributed by atoms with Gasteiger partial charge in [0.15, 0.2) is 0 Å². The fourth-order valence-corrected chi connectivity index (χ4v) is 1.93. The summed E-state index contributed by atoms with van der Waals surface area (Å²) in [4.78, 5) is 0. The third kappa shape index (κ3) is 3.62. The first-order valence-electron chi connectivity index (χ1n) is 6.15. The smallest absolute Gasteiger partial charge is 0.127 e. The number of methoxy groups -OCH3 is 2. The molecule has 1 aromatic carbocycles. The molecule has 4 nitrogen and oxygen atoms in total. The van der Waals surface area contributed by atoms with Crippen molar-refractivity contribution in [2.75, 3.05) is 14.2 Å². The number of hydrogen-bond acceptors (Lipinski definition) is 4. The lowest BCUT2D eigenvalue weighted by Gasteiger charge is -2.22. The summed E-state index contributed by atoms with van der Waals surface area (Å²) in [6.45, 7) is 4.11. The zero-order valence-electron chi connectivity index (χ0n) is 11.5. The van der Waals surface area contributed by atoms with E-state index in [2.05, 4.69) is 13.8 Å². The van der Waals surface area contributed by atoms with Crippen molar-refractivity contribution >= 4 is 0 Å². The number of benzene rings is 1. The lowest BCUT2D eigenvalue weighted by Crippen LogP contribution is -2.27. The van der Waals surface area contributed by atoms with Crippen LogP contribution in [0.3, 0.4) is 0 Å². The fraction of sp³-hybridized carbons (Fsp3) is 0.571. The molecule has 0 radical (unpaired) electrons. The van der Waals surface area contributed by atoms with Crippen LogP contribution in [-0.2, 0) is 0 Å². The topological polar surface area (TPSA) is 64.7 Å². The number of hydrogen-bond donors (Lipinski definition) is 2. The Morgan fingerprint density at radius 1 is 1.22 bits per heavy atom. The predicted molar refractivity (Wildman–Crippen MR) is 71.9 cm³/mol. The van der Waals surface area contributed by atoms with Crippen molar-refractivity contribution in [2.45, 2.75) is 32.4 Å². The zero-order chi connectivity index (χ0) is 13.7. The van der Waals surface area contributed by atoms with Crippen LogP contribution in [0.15, 0.2) is 18.2 Å². The van der Waals surface area contributed by atoms with Gasteiger partial charge in [0.2, 0.25) is 0 Å². The number of aliphatic hydroxyl groups excluding tert-OH is 1. The molecular formula is C14H23NO3. The molecule has 0 aliphatic heterocycles. The van der Waals surface area contributed by atoms with E-state index in [0.717, 1.165) is 5.56 Å². The Bertz CT molecular complexity index is 379. The third-order valence-corrected chi connectivity index (χ3v) is 2.93. The van der Waals surface area contributed by atoms with Crippen LogP contribution in [0.5, 0.6) is 11.5 Å². The van der Waals surface area contributed by atoms with E-state index >= 15 is 0 Å². The molecule has 18 heavy (non-hydrogen) atoms. The van der Waals surface area contributed by atoms with Crippen molar-refractivity contribution in [1.82, 2.24) is 0 Å². The minimum Gasteiger partial charge on any atom is -0.497 e. The van der Waals surface area contributed by atoms with Crippen LogP contribution >= 0.6 is 0 Å². The van der Waals surface area contributed by atoms with Gasteiger partial charge in [-0.2, -0.15) is 0 Å². The Morgan fingerprint density at radius 3 is 2.39 bits per heavy atom. The van der Waals surface area contributed by atoms with Gasteiger partial charge in [0, 0.05) is 11.6 Å². The molecular weight excluding hydrogens is 230 g/mol. The molecule has 0 saturated carbocycles. The van der Waals surface area contributed by atoms with Gasteiger partial charge >= 0.3 is 0 Å². The van der Waals surface area contributed by atoms with E-state index in [1.54, 1.807) is 20.3 Å². The van der Waals surface area contributed by atoms with E-state index in [-0.39, 0.29) is 0 Å². The summed E-state index contributed by atoms with van der Waals surface area (Å²) >= 11 is 0. The largest absolute Gasteiger partial charge is 0.497 e. The highest BCUT2D eigenvalue weighted by Gasteiger charge is 2.21. The van der Waals surface area contributed by atoms with Crippen molar-refractivity contribution in [2.24, 2.45) is 11.7 Å². The van der Waals surface area contributed by atoms with Crippen molar-refractivity contribution < 1.29 is 14.6 Å². The fourth-order valence-electron chi connectivity index (χ4n) is 1.93. The van der Waals surface area contributed by atoms with Gasteiger partial charge in [0.05, 0.1) is 26.4 Å². The Kier molecular flexibility index (Phi) is 5.44.